The van der Waals surface area contributed by atoms with Gasteiger partial charge in [-0.2, -0.15) is 6.42 Å². The molecule has 11 heteroatoms. The van der Waals surface area contributed by atoms with Gasteiger partial charge in [-0.25, -0.2) is 0 Å². The first-order chi connectivity index (χ1) is 18.9. The number of benzene rings is 2. The maximum atomic E-state index is 10.6. The predicted molar refractivity (Wildman–Crippen MR) is 162 cm³/mol. The Kier molecular flexibility index (Phi) is 20.5. The summed E-state index contributed by atoms with van der Waals surface area (Å²) in [5.74, 6) is 0. The SMILES string of the molecule is Clc1ccc(C2OCCO2)cc1I.O=CN1CCCCC1.O=Cc1cc(C2OCCO2)ccc1Cl.[CH2-]CCC.[Li+]. The van der Waals surface area contributed by atoms with Gasteiger partial charge in [0.05, 0.1) is 36.5 Å². The minimum absolute atomic E-state index is 0. The van der Waals surface area contributed by atoms with Crippen LogP contribution in [0.2, 0.25) is 10.0 Å². The summed E-state index contributed by atoms with van der Waals surface area (Å²) >= 11 is 13.9. The van der Waals surface area contributed by atoms with E-state index in [4.69, 9.17) is 42.1 Å². The first-order valence-corrected chi connectivity index (χ1v) is 14.9. The number of ether oxygens (including phenoxy) is 4. The summed E-state index contributed by atoms with van der Waals surface area (Å²) in [5.41, 5.74) is 2.32. The summed E-state index contributed by atoms with van der Waals surface area (Å²) in [5, 5.41) is 1.21. The van der Waals surface area contributed by atoms with Crippen molar-refractivity contribution in [3.05, 3.63) is 73.6 Å². The molecule has 40 heavy (non-hydrogen) atoms. The first-order valence-electron chi connectivity index (χ1n) is 13.1. The van der Waals surface area contributed by atoms with Gasteiger partial charge in [0, 0.05) is 33.4 Å². The van der Waals surface area contributed by atoms with Gasteiger partial charge in [0.25, 0.3) is 0 Å². The zero-order valence-corrected chi connectivity index (χ0v) is 27.0. The number of hydrogen-bond donors (Lipinski definition) is 0. The molecule has 3 aliphatic rings. The number of piperidine rings is 1. The summed E-state index contributed by atoms with van der Waals surface area (Å²) in [6, 6.07) is 10.9. The molecule has 0 aromatic heterocycles. The Morgan fingerprint density at radius 3 is 1.75 bits per heavy atom. The summed E-state index contributed by atoms with van der Waals surface area (Å²) in [7, 11) is 0. The fraction of sp³-hybridized carbons (Fsp3) is 0.483. The molecule has 0 atom stereocenters. The number of rotatable bonds is 5. The number of nitrogens with zero attached hydrogens (tertiary/aromatic N) is 1. The molecule has 5 rings (SSSR count). The molecule has 0 spiro atoms. The number of carbonyl (C=O) groups is 2. The fourth-order valence-corrected chi connectivity index (χ4v) is 4.40. The van der Waals surface area contributed by atoms with E-state index >= 15 is 0 Å². The number of unbranched alkanes of at least 4 members (excludes halogenated alkanes) is 1. The molecule has 2 aromatic carbocycles. The summed E-state index contributed by atoms with van der Waals surface area (Å²) < 4.78 is 22.3. The van der Waals surface area contributed by atoms with E-state index in [1.807, 2.05) is 23.1 Å². The third-order valence-electron chi connectivity index (χ3n) is 5.77. The van der Waals surface area contributed by atoms with Crippen molar-refractivity contribution in [3.63, 3.8) is 0 Å². The minimum atomic E-state index is -0.356. The Balaban J connectivity index is 0.000000286. The van der Waals surface area contributed by atoms with Crippen molar-refractivity contribution in [1.29, 1.82) is 0 Å². The van der Waals surface area contributed by atoms with E-state index in [1.54, 1.807) is 18.2 Å². The third kappa shape index (κ3) is 13.5. The molecule has 3 fully saturated rings. The van der Waals surface area contributed by atoms with Crippen LogP contribution in [0.1, 0.15) is 73.1 Å². The third-order valence-corrected chi connectivity index (χ3v) is 7.66. The van der Waals surface area contributed by atoms with Crippen LogP contribution in [0, 0.1) is 10.5 Å². The Morgan fingerprint density at radius 1 is 0.875 bits per heavy atom. The second-order valence-corrected chi connectivity index (χ2v) is 10.8. The van der Waals surface area contributed by atoms with Crippen molar-refractivity contribution in [2.75, 3.05) is 39.5 Å². The van der Waals surface area contributed by atoms with E-state index in [1.165, 1.54) is 25.7 Å². The normalized spacial score (nSPS) is 16.8. The summed E-state index contributed by atoms with van der Waals surface area (Å²) in [4.78, 5) is 22.6. The molecule has 2 aromatic rings. The molecule has 3 aliphatic heterocycles. The van der Waals surface area contributed by atoms with Crippen LogP contribution in [0.3, 0.4) is 0 Å². The van der Waals surface area contributed by atoms with E-state index in [0.29, 0.717) is 37.0 Å². The van der Waals surface area contributed by atoms with E-state index in [2.05, 4.69) is 36.4 Å². The van der Waals surface area contributed by atoms with Gasteiger partial charge in [-0.3, -0.25) is 9.59 Å². The molecule has 0 aliphatic carbocycles. The molecule has 0 radical (unpaired) electrons. The maximum Gasteiger partial charge on any atom is 1.00 e. The van der Waals surface area contributed by atoms with Crippen LogP contribution < -0.4 is 18.9 Å². The quantitative estimate of drug-likeness (QED) is 0.199. The van der Waals surface area contributed by atoms with Gasteiger partial charge >= 0.3 is 18.9 Å². The van der Waals surface area contributed by atoms with Crippen LogP contribution in [-0.4, -0.2) is 57.1 Å². The minimum Gasteiger partial charge on any atom is -0.346 e. The maximum absolute atomic E-state index is 10.6. The van der Waals surface area contributed by atoms with E-state index in [-0.39, 0.29) is 31.4 Å². The average molecular weight is 700 g/mol. The van der Waals surface area contributed by atoms with Crippen LogP contribution in [0.15, 0.2) is 36.4 Å². The number of aldehydes is 1. The predicted octanol–water partition coefficient (Wildman–Crippen LogP) is 4.44. The second kappa shape index (κ2) is 21.9. The second-order valence-electron chi connectivity index (χ2n) is 8.77. The van der Waals surface area contributed by atoms with Gasteiger partial charge in [0.15, 0.2) is 18.9 Å². The molecular formula is C29H37Cl2ILiNO6. The average Bonchev–Trinajstić information content (AvgIpc) is 3.72. The first kappa shape index (κ1) is 37.4. The van der Waals surface area contributed by atoms with Gasteiger partial charge in [0.1, 0.15) is 0 Å². The van der Waals surface area contributed by atoms with Gasteiger partial charge < -0.3 is 30.8 Å². The number of likely N-dealkylation sites (tertiary alicyclic amines) is 1. The zero-order valence-electron chi connectivity index (χ0n) is 23.3. The molecule has 0 N–H and O–H groups in total. The zero-order chi connectivity index (χ0) is 28.5. The van der Waals surface area contributed by atoms with Crippen LogP contribution >= 0.6 is 45.8 Å². The van der Waals surface area contributed by atoms with Crippen molar-refractivity contribution in [3.8, 4) is 0 Å². The topological polar surface area (TPSA) is 74.3 Å². The summed E-state index contributed by atoms with van der Waals surface area (Å²) in [6.45, 7) is 10.2. The molecule has 1 amide bonds. The van der Waals surface area contributed by atoms with Crippen molar-refractivity contribution in [1.82, 2.24) is 4.90 Å². The van der Waals surface area contributed by atoms with E-state index in [0.717, 1.165) is 51.9 Å². The number of carbonyl (C=O) groups excluding carboxylic acids is 2. The molecule has 216 valence electrons. The van der Waals surface area contributed by atoms with Crippen LogP contribution in [0.25, 0.3) is 0 Å². The molecule has 0 unspecified atom stereocenters. The molecule has 0 bridgehead atoms. The Hall–Kier alpha value is -0.673. The largest absolute Gasteiger partial charge is 1.00 e. The van der Waals surface area contributed by atoms with Crippen molar-refractivity contribution < 1.29 is 47.4 Å². The van der Waals surface area contributed by atoms with Gasteiger partial charge in [0.2, 0.25) is 6.41 Å². The molecular weight excluding hydrogens is 663 g/mol. The molecule has 0 saturated carbocycles. The monoisotopic (exact) mass is 699 g/mol. The number of amides is 1. The van der Waals surface area contributed by atoms with Crippen molar-refractivity contribution >= 4 is 58.5 Å². The molecule has 7 nitrogen and oxygen atoms in total. The van der Waals surface area contributed by atoms with E-state index < -0.39 is 0 Å². The van der Waals surface area contributed by atoms with E-state index in [9.17, 15) is 9.59 Å². The van der Waals surface area contributed by atoms with Crippen LogP contribution in [0.5, 0.6) is 0 Å². The standard InChI is InChI=1S/C10H9ClO3.C9H8ClIO2.C6H11NO.C4H9.Li/c11-9-2-1-7(5-8(9)6-12)10-13-3-4-14-10;10-7-2-1-6(5-8(7)11)9-12-3-4-13-9;8-6-7-4-2-1-3-5-7;1-3-4-2;/h1-2,5-6,10H,3-4H2;1-2,5,9H,3-4H2;6H,1-5H2;1,3-4H2,2H3;/q;;;-1;+1. The van der Waals surface area contributed by atoms with Crippen molar-refractivity contribution in [2.45, 2.75) is 51.6 Å². The number of hydrogen-bond acceptors (Lipinski definition) is 6. The van der Waals surface area contributed by atoms with Gasteiger partial charge in [-0.1, -0.05) is 48.7 Å². The van der Waals surface area contributed by atoms with Crippen LogP contribution in [0.4, 0.5) is 0 Å². The Morgan fingerprint density at radius 2 is 1.35 bits per heavy atom. The van der Waals surface area contributed by atoms with Crippen LogP contribution in [-0.2, 0) is 23.7 Å². The molecule has 3 heterocycles. The van der Waals surface area contributed by atoms with Crippen molar-refractivity contribution in [2.24, 2.45) is 0 Å². The smallest absolute Gasteiger partial charge is 0.346 e. The number of halogens is 3. The Bertz CT molecular complexity index is 998. The van der Waals surface area contributed by atoms with Gasteiger partial charge in [-0.05, 0) is 66.1 Å². The summed E-state index contributed by atoms with van der Waals surface area (Å²) in [6.07, 6.45) is 7.07. The molecule has 3 saturated heterocycles. The Labute approximate surface area is 273 Å². The fourth-order valence-electron chi connectivity index (χ4n) is 3.58. The van der Waals surface area contributed by atoms with Gasteiger partial charge in [-0.15, -0.1) is 0 Å².